The van der Waals surface area contributed by atoms with Crippen molar-refractivity contribution in [1.82, 2.24) is 0 Å². The molecule has 0 aliphatic rings. The molecule has 1 rings (SSSR count). The molecule has 0 heterocycles. The number of ether oxygens (including phenoxy) is 3. The van der Waals surface area contributed by atoms with E-state index in [0.29, 0.717) is 0 Å². The Balaban J connectivity index is 0.000000437. The van der Waals surface area contributed by atoms with Crippen molar-refractivity contribution in [3.63, 3.8) is 0 Å². The SMILES string of the molecule is COc1cc(OC)cc(OC)c1.O=S(=O)(Cl)Cl. The van der Waals surface area contributed by atoms with E-state index in [1.165, 1.54) is 0 Å². The van der Waals surface area contributed by atoms with Crippen molar-refractivity contribution in [2.75, 3.05) is 21.3 Å². The molecule has 0 aliphatic heterocycles. The van der Waals surface area contributed by atoms with Crippen molar-refractivity contribution >= 4 is 29.6 Å². The van der Waals surface area contributed by atoms with Crippen LogP contribution in [0.3, 0.4) is 0 Å². The zero-order valence-corrected chi connectivity index (χ0v) is 11.8. The molecule has 0 radical (unpaired) electrons. The van der Waals surface area contributed by atoms with Gasteiger partial charge in [-0.3, -0.25) is 0 Å². The smallest absolute Gasteiger partial charge is 0.317 e. The van der Waals surface area contributed by atoms with E-state index >= 15 is 0 Å². The molecule has 0 amide bonds. The molecule has 8 heteroatoms. The van der Waals surface area contributed by atoms with Crippen molar-refractivity contribution in [2.24, 2.45) is 0 Å². The number of benzene rings is 1. The molecule has 0 saturated carbocycles. The zero-order chi connectivity index (χ0) is 13.5. The maximum Gasteiger partial charge on any atom is 0.317 e. The first-order chi connectivity index (χ1) is 7.80. The Morgan fingerprint density at radius 1 is 0.824 bits per heavy atom. The van der Waals surface area contributed by atoms with Gasteiger partial charge in [0.1, 0.15) is 17.2 Å². The van der Waals surface area contributed by atoms with Crippen LogP contribution >= 0.6 is 21.4 Å². The van der Waals surface area contributed by atoms with Crippen molar-refractivity contribution in [2.45, 2.75) is 0 Å². The monoisotopic (exact) mass is 302 g/mol. The van der Waals surface area contributed by atoms with Gasteiger partial charge in [-0.1, -0.05) is 0 Å². The molecule has 0 atom stereocenters. The Labute approximate surface area is 109 Å². The summed E-state index contributed by atoms with van der Waals surface area (Å²) in [6, 6.07) is 5.38. The molecule has 0 saturated heterocycles. The molecule has 0 fully saturated rings. The molecule has 0 unspecified atom stereocenters. The van der Waals surface area contributed by atoms with Crippen LogP contribution in [0.25, 0.3) is 0 Å². The van der Waals surface area contributed by atoms with Crippen LogP contribution in [-0.2, 0) is 8.26 Å². The van der Waals surface area contributed by atoms with Gasteiger partial charge in [0, 0.05) is 39.6 Å². The summed E-state index contributed by atoms with van der Waals surface area (Å²) >= 11 is 0. The van der Waals surface area contributed by atoms with Gasteiger partial charge < -0.3 is 14.2 Å². The normalized spacial score (nSPS) is 9.94. The lowest BCUT2D eigenvalue weighted by atomic mass is 10.3. The lowest BCUT2D eigenvalue weighted by Crippen LogP contribution is -1.89. The third kappa shape index (κ3) is 8.91. The largest absolute Gasteiger partial charge is 0.496 e. The fourth-order valence-electron chi connectivity index (χ4n) is 0.899. The third-order valence-corrected chi connectivity index (χ3v) is 1.56. The highest BCUT2D eigenvalue weighted by Crippen LogP contribution is 2.26. The molecule has 0 spiro atoms. The first kappa shape index (κ1) is 16.1. The van der Waals surface area contributed by atoms with Gasteiger partial charge >= 0.3 is 8.26 Å². The molecule has 0 N–H and O–H groups in total. The first-order valence-electron chi connectivity index (χ1n) is 4.21. The van der Waals surface area contributed by atoms with Crippen LogP contribution in [0.15, 0.2) is 18.2 Å². The van der Waals surface area contributed by atoms with Gasteiger partial charge in [-0.2, -0.15) is 8.42 Å². The topological polar surface area (TPSA) is 61.8 Å². The number of hydrogen-bond acceptors (Lipinski definition) is 5. The second kappa shape index (κ2) is 7.47. The van der Waals surface area contributed by atoms with Gasteiger partial charge in [-0.25, -0.2) is 0 Å². The minimum atomic E-state index is -3.72. The lowest BCUT2D eigenvalue weighted by Gasteiger charge is -2.06. The fraction of sp³-hybridized carbons (Fsp3) is 0.333. The maximum atomic E-state index is 9.16. The van der Waals surface area contributed by atoms with Gasteiger partial charge in [-0.15, -0.1) is 0 Å². The number of rotatable bonds is 3. The van der Waals surface area contributed by atoms with Crippen LogP contribution in [0.2, 0.25) is 0 Å². The molecule has 0 bridgehead atoms. The summed E-state index contributed by atoms with van der Waals surface area (Å²) in [5, 5.41) is 0. The Bertz CT molecular complexity index is 383. The second-order valence-electron chi connectivity index (χ2n) is 2.63. The average molecular weight is 303 g/mol. The van der Waals surface area contributed by atoms with E-state index in [4.69, 9.17) is 22.6 Å². The highest BCUT2D eigenvalue weighted by Gasteiger charge is 2.00. The third-order valence-electron chi connectivity index (χ3n) is 1.56. The van der Waals surface area contributed by atoms with E-state index in [9.17, 15) is 0 Å². The van der Waals surface area contributed by atoms with Crippen LogP contribution in [0.5, 0.6) is 17.2 Å². The van der Waals surface area contributed by atoms with Crippen molar-refractivity contribution in [1.29, 1.82) is 0 Å². The molecule has 1 aromatic rings. The molecule has 98 valence electrons. The number of methoxy groups -OCH3 is 3. The average Bonchev–Trinajstić information content (AvgIpc) is 2.26. The van der Waals surface area contributed by atoms with Gasteiger partial charge in [-0.05, 0) is 0 Å². The van der Waals surface area contributed by atoms with Crippen LogP contribution in [0, 0.1) is 0 Å². The Kier molecular flexibility index (Phi) is 7.10. The summed E-state index contributed by atoms with van der Waals surface area (Å²) in [4.78, 5) is 0. The summed E-state index contributed by atoms with van der Waals surface area (Å²) < 4.78 is 33.4. The van der Waals surface area contributed by atoms with Crippen molar-refractivity contribution in [3.05, 3.63) is 18.2 Å². The summed E-state index contributed by atoms with van der Waals surface area (Å²) in [6.45, 7) is 0. The summed E-state index contributed by atoms with van der Waals surface area (Å²) in [7, 11) is 9.63. The Hall–Kier alpha value is -0.850. The molecule has 5 nitrogen and oxygen atoms in total. The zero-order valence-electron chi connectivity index (χ0n) is 9.44. The van der Waals surface area contributed by atoms with E-state index < -0.39 is 8.26 Å². The van der Waals surface area contributed by atoms with Gasteiger partial charge in [0.2, 0.25) is 0 Å². The second-order valence-corrected chi connectivity index (χ2v) is 6.30. The van der Waals surface area contributed by atoms with Gasteiger partial charge in [0.05, 0.1) is 21.3 Å². The van der Waals surface area contributed by atoms with E-state index in [-0.39, 0.29) is 0 Å². The quantitative estimate of drug-likeness (QED) is 0.803. The van der Waals surface area contributed by atoms with Crippen LogP contribution in [-0.4, -0.2) is 29.7 Å². The summed E-state index contributed by atoms with van der Waals surface area (Å²) in [6.07, 6.45) is 0. The van der Waals surface area contributed by atoms with E-state index in [2.05, 4.69) is 21.4 Å². The summed E-state index contributed by atoms with van der Waals surface area (Å²) in [5.41, 5.74) is 0. The summed E-state index contributed by atoms with van der Waals surface area (Å²) in [5.74, 6) is 2.18. The van der Waals surface area contributed by atoms with Crippen LogP contribution in [0.1, 0.15) is 0 Å². The van der Waals surface area contributed by atoms with E-state index in [0.717, 1.165) is 17.2 Å². The van der Waals surface area contributed by atoms with Crippen molar-refractivity contribution in [3.8, 4) is 17.2 Å². The predicted molar refractivity (Wildman–Crippen MR) is 66.7 cm³/mol. The molecular formula is C9H12Cl2O5S. The number of halogens is 2. The Morgan fingerprint density at radius 2 is 1.00 bits per heavy atom. The van der Waals surface area contributed by atoms with Crippen molar-refractivity contribution < 1.29 is 22.6 Å². The minimum absolute atomic E-state index is 0.728. The van der Waals surface area contributed by atoms with E-state index in [1.54, 1.807) is 39.5 Å². The minimum Gasteiger partial charge on any atom is -0.496 e. The highest BCUT2D eigenvalue weighted by molar-refractivity contribution is 8.31. The molecule has 0 aromatic heterocycles. The van der Waals surface area contributed by atoms with E-state index in [1.807, 2.05) is 0 Å². The standard InChI is InChI=1S/C9H12O3.Cl2O2S/c1-10-7-4-8(11-2)6-9(5-7)12-3;1-5(2,3)4/h4-6H,1-3H3;. The lowest BCUT2D eigenvalue weighted by molar-refractivity contribution is 0.375. The predicted octanol–water partition coefficient (Wildman–Crippen LogP) is 2.42. The number of hydrogen-bond donors (Lipinski definition) is 0. The van der Waals surface area contributed by atoms with Gasteiger partial charge in [0.15, 0.2) is 0 Å². The highest BCUT2D eigenvalue weighted by atomic mass is 36.0. The van der Waals surface area contributed by atoms with Crippen LogP contribution in [0.4, 0.5) is 0 Å². The Morgan fingerprint density at radius 3 is 1.12 bits per heavy atom. The van der Waals surface area contributed by atoms with Gasteiger partial charge in [0.25, 0.3) is 0 Å². The first-order valence-corrected chi connectivity index (χ1v) is 7.35. The van der Waals surface area contributed by atoms with Crippen LogP contribution < -0.4 is 14.2 Å². The fourth-order valence-corrected chi connectivity index (χ4v) is 0.899. The molecule has 0 aliphatic carbocycles. The molecule has 1 aromatic carbocycles. The molecule has 17 heavy (non-hydrogen) atoms. The maximum absolute atomic E-state index is 9.16. The molecular weight excluding hydrogens is 291 g/mol.